The molecule has 1 aliphatic heterocycles. The van der Waals surface area contributed by atoms with E-state index in [9.17, 15) is 24.6 Å². The number of anilines is 2. The number of aliphatic carboxylic acids is 1. The van der Waals surface area contributed by atoms with E-state index in [1.54, 1.807) is 30.8 Å². The summed E-state index contributed by atoms with van der Waals surface area (Å²) in [5, 5.41) is 19.8. The molecule has 0 spiro atoms. The number of piperazine rings is 1. The highest BCUT2D eigenvalue weighted by Gasteiger charge is 2.30. The summed E-state index contributed by atoms with van der Waals surface area (Å²) in [5.41, 5.74) is 1.14. The van der Waals surface area contributed by atoms with Crippen molar-refractivity contribution >= 4 is 34.5 Å². The predicted molar refractivity (Wildman–Crippen MR) is 132 cm³/mol. The number of nitrogens with zero attached hydrogens (tertiary/aromatic N) is 8. The molecular formula is C23H28N8O5. The molecule has 4 heterocycles. The Labute approximate surface area is 206 Å². The fraction of sp³-hybridized carbons (Fsp3) is 0.435. The van der Waals surface area contributed by atoms with E-state index in [1.165, 1.54) is 17.1 Å². The number of aryl methyl sites for hydroxylation is 1. The number of rotatable bonds is 6. The van der Waals surface area contributed by atoms with Crippen LogP contribution in [0.2, 0.25) is 0 Å². The van der Waals surface area contributed by atoms with Crippen LogP contribution in [0.4, 0.5) is 11.5 Å². The average Bonchev–Trinajstić information content (AvgIpc) is 2.86. The summed E-state index contributed by atoms with van der Waals surface area (Å²) in [6.07, 6.45) is 3.14. The molecule has 13 heteroatoms. The Morgan fingerprint density at radius 3 is 2.42 bits per heavy atom. The van der Waals surface area contributed by atoms with E-state index >= 15 is 0 Å². The molecule has 0 atom stereocenters. The maximum absolute atomic E-state index is 13.7. The highest BCUT2D eigenvalue weighted by Crippen LogP contribution is 2.25. The van der Waals surface area contributed by atoms with Gasteiger partial charge in [0.1, 0.15) is 24.4 Å². The van der Waals surface area contributed by atoms with Gasteiger partial charge < -0.3 is 29.5 Å². The number of aromatic hydroxyl groups is 1. The molecule has 3 aromatic heterocycles. The zero-order valence-corrected chi connectivity index (χ0v) is 20.6. The summed E-state index contributed by atoms with van der Waals surface area (Å²) in [4.78, 5) is 60.2. The summed E-state index contributed by atoms with van der Waals surface area (Å²) in [6.45, 7) is 4.30. The second-order valence-corrected chi connectivity index (χ2v) is 8.69. The zero-order valence-electron chi connectivity index (χ0n) is 20.6. The molecule has 1 aliphatic rings. The van der Waals surface area contributed by atoms with Crippen LogP contribution < -0.4 is 15.2 Å². The van der Waals surface area contributed by atoms with E-state index in [0.717, 1.165) is 0 Å². The number of hydrogen-bond acceptors (Lipinski definition) is 10. The third-order valence-electron chi connectivity index (χ3n) is 6.20. The first-order chi connectivity index (χ1) is 17.1. The van der Waals surface area contributed by atoms with Gasteiger partial charge in [-0.15, -0.1) is 0 Å². The minimum Gasteiger partial charge on any atom is -0.504 e. The number of carboxylic acids is 1. The van der Waals surface area contributed by atoms with Crippen LogP contribution in [0.15, 0.2) is 17.3 Å². The van der Waals surface area contributed by atoms with Crippen LogP contribution in [0.1, 0.15) is 28.8 Å². The molecule has 0 aliphatic carbocycles. The molecule has 0 unspecified atom stereocenters. The highest BCUT2D eigenvalue weighted by atomic mass is 16.4. The van der Waals surface area contributed by atoms with Crippen LogP contribution >= 0.6 is 0 Å². The van der Waals surface area contributed by atoms with Gasteiger partial charge in [0, 0.05) is 46.0 Å². The molecule has 36 heavy (non-hydrogen) atoms. The van der Waals surface area contributed by atoms with Crippen LogP contribution in [0, 0.1) is 6.92 Å². The Bertz CT molecular complexity index is 1400. The van der Waals surface area contributed by atoms with Gasteiger partial charge in [0.2, 0.25) is 5.43 Å². The van der Waals surface area contributed by atoms with Crippen LogP contribution in [0.25, 0.3) is 11.2 Å². The maximum atomic E-state index is 13.7. The number of carbonyl (C=O) groups is 2. The molecule has 190 valence electrons. The van der Waals surface area contributed by atoms with Crippen LogP contribution in [0.3, 0.4) is 0 Å². The highest BCUT2D eigenvalue weighted by molar-refractivity contribution is 5.95. The van der Waals surface area contributed by atoms with Gasteiger partial charge in [-0.05, 0) is 13.3 Å². The van der Waals surface area contributed by atoms with Crippen LogP contribution in [0.5, 0.6) is 5.75 Å². The first-order valence-electron chi connectivity index (χ1n) is 11.5. The van der Waals surface area contributed by atoms with Gasteiger partial charge in [0.15, 0.2) is 22.6 Å². The smallest absolute Gasteiger partial charge is 0.323 e. The van der Waals surface area contributed by atoms with E-state index < -0.39 is 11.9 Å². The topological polar surface area (TPSA) is 158 Å². The second kappa shape index (κ2) is 9.76. The molecule has 0 saturated carbocycles. The number of amides is 1. The van der Waals surface area contributed by atoms with Crippen molar-refractivity contribution in [3.05, 3.63) is 39.8 Å². The Kier molecular flexibility index (Phi) is 6.73. The molecule has 3 aromatic rings. The minimum atomic E-state index is -1.06. The normalized spacial score (nSPS) is 13.8. The van der Waals surface area contributed by atoms with E-state index in [-0.39, 0.29) is 47.7 Å². The van der Waals surface area contributed by atoms with Gasteiger partial charge >= 0.3 is 5.97 Å². The second-order valence-electron chi connectivity index (χ2n) is 8.69. The molecule has 0 radical (unpaired) electrons. The Morgan fingerprint density at radius 1 is 1.11 bits per heavy atom. The number of fused-ring (bicyclic) bond motifs is 1. The van der Waals surface area contributed by atoms with Crippen molar-refractivity contribution in [2.45, 2.75) is 26.8 Å². The van der Waals surface area contributed by atoms with Crippen molar-refractivity contribution in [2.75, 3.05) is 50.1 Å². The van der Waals surface area contributed by atoms with E-state index in [2.05, 4.69) is 19.9 Å². The van der Waals surface area contributed by atoms with Gasteiger partial charge in [0.25, 0.3) is 5.91 Å². The Morgan fingerprint density at radius 2 is 1.81 bits per heavy atom. The van der Waals surface area contributed by atoms with Crippen molar-refractivity contribution in [1.82, 2.24) is 29.4 Å². The van der Waals surface area contributed by atoms with E-state index in [1.807, 2.05) is 11.8 Å². The van der Waals surface area contributed by atoms with E-state index in [4.69, 9.17) is 0 Å². The van der Waals surface area contributed by atoms with Crippen LogP contribution in [-0.2, 0) is 17.8 Å². The molecule has 0 bridgehead atoms. The zero-order chi connectivity index (χ0) is 26.1. The summed E-state index contributed by atoms with van der Waals surface area (Å²) >= 11 is 0. The Hall–Kier alpha value is -4.29. The number of aromatic nitrogens is 5. The maximum Gasteiger partial charge on any atom is 0.323 e. The summed E-state index contributed by atoms with van der Waals surface area (Å²) in [5.74, 6) is -1.25. The van der Waals surface area contributed by atoms with Crippen molar-refractivity contribution in [3.8, 4) is 5.75 Å². The third-order valence-corrected chi connectivity index (χ3v) is 6.20. The Balaban J connectivity index is 1.73. The average molecular weight is 497 g/mol. The van der Waals surface area contributed by atoms with Gasteiger partial charge in [0.05, 0.1) is 11.9 Å². The van der Waals surface area contributed by atoms with Crippen molar-refractivity contribution in [2.24, 2.45) is 0 Å². The first-order valence-corrected chi connectivity index (χ1v) is 11.5. The lowest BCUT2D eigenvalue weighted by molar-refractivity contribution is -0.137. The quantitative estimate of drug-likeness (QED) is 0.482. The lowest BCUT2D eigenvalue weighted by Crippen LogP contribution is -2.50. The molecule has 13 nitrogen and oxygen atoms in total. The van der Waals surface area contributed by atoms with Gasteiger partial charge in [-0.25, -0.2) is 19.9 Å². The van der Waals surface area contributed by atoms with Gasteiger partial charge in [-0.3, -0.25) is 14.4 Å². The van der Waals surface area contributed by atoms with Gasteiger partial charge in [-0.2, -0.15) is 0 Å². The van der Waals surface area contributed by atoms with Crippen LogP contribution in [-0.4, -0.2) is 91.8 Å². The van der Waals surface area contributed by atoms with E-state index in [0.29, 0.717) is 42.4 Å². The molecule has 1 amide bonds. The molecule has 4 rings (SSSR count). The number of hydrogen-bond donors (Lipinski definition) is 2. The summed E-state index contributed by atoms with van der Waals surface area (Å²) in [7, 11) is 3.56. The number of carboxylic acid groups (broad SMARTS) is 1. The lowest BCUT2D eigenvalue weighted by Gasteiger charge is -2.37. The van der Waals surface area contributed by atoms with Crippen molar-refractivity contribution < 1.29 is 19.8 Å². The molecule has 1 fully saturated rings. The first kappa shape index (κ1) is 24.8. The lowest BCUT2D eigenvalue weighted by atomic mass is 10.1. The predicted octanol–water partition coefficient (Wildman–Crippen LogP) is 0.271. The molecular weight excluding hydrogens is 468 g/mol. The molecule has 2 N–H and O–H groups in total. The number of carbonyl (C=O) groups excluding carboxylic acids is 1. The summed E-state index contributed by atoms with van der Waals surface area (Å²) in [6, 6.07) is 0. The molecule has 1 saturated heterocycles. The fourth-order valence-corrected chi connectivity index (χ4v) is 4.33. The summed E-state index contributed by atoms with van der Waals surface area (Å²) < 4.78 is 1.53. The van der Waals surface area contributed by atoms with Crippen molar-refractivity contribution in [3.63, 3.8) is 0 Å². The molecule has 0 aromatic carbocycles. The fourth-order valence-electron chi connectivity index (χ4n) is 4.33. The monoisotopic (exact) mass is 496 g/mol. The minimum absolute atomic E-state index is 0.0637. The SMILES string of the molecule is CCc1c(N2CCN(C(=O)c3ncnc(C)c3O)CC2)c(=O)c2nc(N(C)C)cnc2n1CC(=O)O. The standard InChI is InChI=1S/C23H28N8O5/c1-5-14-19(21(35)17-22(31(14)11-16(32)33)24-10-15(27-17)28(3)4)29-6-8-30(9-7-29)23(36)18-20(34)13(2)25-12-26-18/h10,12,34H,5-9,11H2,1-4H3,(H,32,33). The van der Waals surface area contributed by atoms with Crippen molar-refractivity contribution in [1.29, 1.82) is 0 Å². The third kappa shape index (κ3) is 4.39. The largest absolute Gasteiger partial charge is 0.504 e. The van der Waals surface area contributed by atoms with Gasteiger partial charge in [-0.1, -0.05) is 6.92 Å². The number of pyridine rings is 1.